The smallest absolute Gasteiger partial charge is 0.306 e. The van der Waals surface area contributed by atoms with E-state index in [2.05, 4.69) is 98.9 Å². The number of hydrogen-bond acceptors (Lipinski definition) is 7. The van der Waals surface area contributed by atoms with Crippen LogP contribution in [-0.4, -0.2) is 70.7 Å². The molecule has 0 aliphatic rings. The third-order valence-electron chi connectivity index (χ3n) is 12.2. The molecular formula is C61H110NO7P. The molecule has 0 aromatic carbocycles. The molecule has 0 bridgehead atoms. The minimum absolute atomic E-state index is 0.0145. The predicted octanol–water partition coefficient (Wildman–Crippen LogP) is 17.7. The van der Waals surface area contributed by atoms with Crippen molar-refractivity contribution in [1.29, 1.82) is 0 Å². The number of hydrogen-bond donors (Lipinski definition) is 0. The summed E-state index contributed by atoms with van der Waals surface area (Å²) < 4.78 is 34.8. The Morgan fingerprint density at radius 3 is 1.21 bits per heavy atom. The molecule has 2 atom stereocenters. The summed E-state index contributed by atoms with van der Waals surface area (Å²) in [5.41, 5.74) is 0. The van der Waals surface area contributed by atoms with Crippen LogP contribution in [0.25, 0.3) is 0 Å². The Labute approximate surface area is 433 Å². The highest BCUT2D eigenvalue weighted by atomic mass is 31.2. The average Bonchev–Trinajstić information content (AvgIpc) is 3.32. The maximum absolute atomic E-state index is 12.8. The number of nitrogens with zero attached hydrogens (tertiary/aromatic N) is 1. The Hall–Kier alpha value is -2.32. The van der Waals surface area contributed by atoms with Gasteiger partial charge in [-0.3, -0.25) is 9.36 Å². The lowest BCUT2D eigenvalue weighted by molar-refractivity contribution is -0.870. The van der Waals surface area contributed by atoms with Gasteiger partial charge in [-0.25, -0.2) is 0 Å². The molecule has 0 aromatic heterocycles. The first-order valence-electron chi connectivity index (χ1n) is 28.8. The van der Waals surface area contributed by atoms with Gasteiger partial charge in [-0.2, -0.15) is 0 Å². The number of rotatable bonds is 53. The number of phosphoric ester groups is 1. The second-order valence-electron chi connectivity index (χ2n) is 20.3. The van der Waals surface area contributed by atoms with Crippen molar-refractivity contribution in [2.24, 2.45) is 0 Å². The van der Waals surface area contributed by atoms with Gasteiger partial charge in [0, 0.05) is 13.0 Å². The Bertz CT molecular complexity index is 1390. The van der Waals surface area contributed by atoms with Crippen molar-refractivity contribution in [1.82, 2.24) is 0 Å². The van der Waals surface area contributed by atoms with Crippen LogP contribution in [-0.2, 0) is 27.9 Å². The van der Waals surface area contributed by atoms with Gasteiger partial charge in [-0.05, 0) is 70.6 Å². The number of ether oxygens (including phenoxy) is 2. The highest BCUT2D eigenvalue weighted by Gasteiger charge is 2.20. The molecule has 0 saturated carbocycles. The molecule has 0 aliphatic heterocycles. The summed E-state index contributed by atoms with van der Waals surface area (Å²) in [7, 11) is 1.32. The fraction of sp³-hybridized carbons (Fsp3) is 0.754. The highest BCUT2D eigenvalue weighted by molar-refractivity contribution is 7.45. The van der Waals surface area contributed by atoms with Crippen molar-refractivity contribution in [3.63, 3.8) is 0 Å². The molecule has 0 heterocycles. The van der Waals surface area contributed by atoms with Gasteiger partial charge in [-0.1, -0.05) is 247 Å². The van der Waals surface area contributed by atoms with E-state index in [9.17, 15) is 14.3 Å². The molecule has 0 N–H and O–H groups in total. The fourth-order valence-corrected chi connectivity index (χ4v) is 8.55. The summed E-state index contributed by atoms with van der Waals surface area (Å²) in [6, 6.07) is 0. The Kier molecular flexibility index (Phi) is 51.2. The van der Waals surface area contributed by atoms with Crippen molar-refractivity contribution in [2.75, 3.05) is 54.1 Å². The average molecular weight is 1000 g/mol. The van der Waals surface area contributed by atoms with E-state index in [1.807, 2.05) is 21.1 Å². The van der Waals surface area contributed by atoms with Gasteiger partial charge in [0.05, 0.1) is 34.4 Å². The first kappa shape index (κ1) is 67.7. The maximum atomic E-state index is 12.8. The predicted molar refractivity (Wildman–Crippen MR) is 300 cm³/mol. The number of carbonyl (C=O) groups is 1. The Balaban J connectivity index is 4.16. The summed E-state index contributed by atoms with van der Waals surface area (Å²) in [5.74, 6) is -0.347. The number of phosphoric acid groups is 1. The van der Waals surface area contributed by atoms with Crippen molar-refractivity contribution in [3.05, 3.63) is 85.1 Å². The number of quaternary nitrogens is 1. The van der Waals surface area contributed by atoms with Gasteiger partial charge < -0.3 is 27.9 Å². The lowest BCUT2D eigenvalue weighted by atomic mass is 10.0. The van der Waals surface area contributed by atoms with E-state index in [0.717, 1.165) is 83.5 Å². The quantitative estimate of drug-likeness (QED) is 0.0197. The van der Waals surface area contributed by atoms with E-state index in [0.29, 0.717) is 24.1 Å². The maximum Gasteiger partial charge on any atom is 0.306 e. The molecule has 406 valence electrons. The first-order valence-corrected chi connectivity index (χ1v) is 30.3. The number of unbranched alkanes of at least 4 members (excludes halogenated alkanes) is 25. The van der Waals surface area contributed by atoms with Crippen molar-refractivity contribution < 1.29 is 37.3 Å². The van der Waals surface area contributed by atoms with Gasteiger partial charge in [0.25, 0.3) is 7.82 Å². The van der Waals surface area contributed by atoms with E-state index in [4.69, 9.17) is 18.5 Å². The molecule has 8 nitrogen and oxygen atoms in total. The molecule has 0 fully saturated rings. The lowest BCUT2D eigenvalue weighted by Crippen LogP contribution is -2.37. The van der Waals surface area contributed by atoms with Crippen molar-refractivity contribution in [3.8, 4) is 0 Å². The van der Waals surface area contributed by atoms with Crippen LogP contribution in [0.4, 0.5) is 0 Å². The van der Waals surface area contributed by atoms with E-state index >= 15 is 0 Å². The zero-order valence-corrected chi connectivity index (χ0v) is 47.1. The largest absolute Gasteiger partial charge is 0.756 e. The van der Waals surface area contributed by atoms with Gasteiger partial charge in [0.1, 0.15) is 19.3 Å². The van der Waals surface area contributed by atoms with E-state index in [-0.39, 0.29) is 25.8 Å². The molecule has 0 amide bonds. The van der Waals surface area contributed by atoms with E-state index in [1.54, 1.807) is 0 Å². The lowest BCUT2D eigenvalue weighted by Gasteiger charge is -2.28. The second-order valence-corrected chi connectivity index (χ2v) is 21.7. The zero-order chi connectivity index (χ0) is 51.2. The molecule has 0 saturated heterocycles. The van der Waals surface area contributed by atoms with E-state index < -0.39 is 13.9 Å². The molecule has 70 heavy (non-hydrogen) atoms. The molecular weight excluding hydrogens is 890 g/mol. The first-order chi connectivity index (χ1) is 34.1. The van der Waals surface area contributed by atoms with Gasteiger partial charge in [0.15, 0.2) is 0 Å². The third-order valence-corrected chi connectivity index (χ3v) is 13.2. The van der Waals surface area contributed by atoms with Crippen LogP contribution >= 0.6 is 7.82 Å². The summed E-state index contributed by atoms with van der Waals surface area (Å²) in [6.45, 7) is 5.21. The SMILES string of the molecule is CC/C=C\C/C=C\C/C=C\C/C=C\C/C=C\C/C=C\C/C=C\CCCCOCC(COP(=O)([O-])OCC[N+](C)(C)C)OC(=O)CCCCCCCCCCCCCCCCCCCCCCCCCC. The molecule has 0 aliphatic carbocycles. The van der Waals surface area contributed by atoms with Crippen LogP contribution in [0.3, 0.4) is 0 Å². The molecule has 0 aromatic rings. The Morgan fingerprint density at radius 2 is 0.829 bits per heavy atom. The van der Waals surface area contributed by atoms with Crippen molar-refractivity contribution in [2.45, 2.75) is 245 Å². The monoisotopic (exact) mass is 1000 g/mol. The summed E-state index contributed by atoms with van der Waals surface area (Å²) in [4.78, 5) is 25.3. The fourth-order valence-electron chi connectivity index (χ4n) is 7.82. The third kappa shape index (κ3) is 56.6. The summed E-state index contributed by atoms with van der Waals surface area (Å²) in [5, 5.41) is 0. The summed E-state index contributed by atoms with van der Waals surface area (Å²) in [6.07, 6.45) is 72.1. The van der Waals surface area contributed by atoms with Gasteiger partial charge >= 0.3 is 5.97 Å². The number of allylic oxidation sites excluding steroid dienone is 14. The molecule has 0 spiro atoms. The van der Waals surface area contributed by atoms with Crippen LogP contribution in [0.2, 0.25) is 0 Å². The van der Waals surface area contributed by atoms with Crippen LogP contribution in [0.1, 0.15) is 239 Å². The molecule has 0 radical (unpaired) electrons. The topological polar surface area (TPSA) is 94.1 Å². The normalized spacial score (nSPS) is 14.1. The van der Waals surface area contributed by atoms with Gasteiger partial charge in [0.2, 0.25) is 0 Å². The van der Waals surface area contributed by atoms with Crippen LogP contribution in [0, 0.1) is 0 Å². The van der Waals surface area contributed by atoms with Crippen molar-refractivity contribution >= 4 is 13.8 Å². The standard InChI is InChI=1S/C61H110NO7P/c1-6-8-10-12-14-16-18-20-22-24-26-28-30-32-34-36-38-40-42-44-46-48-50-52-54-61(63)69-60(59-68-70(64,65)67-57-55-62(3,4)5)58-66-56-53-51-49-47-45-43-41-39-37-35-33-31-29-27-25-23-21-19-17-15-13-11-9-7-2/h9,11,15,17,21,23,27,29,33,35,39,41,45,47,60H,6-8,10,12-14,16,18-20,22,24-26,28,30-32,34,36-38,40,42-44,46,48-59H2,1-5H3/b11-9-,17-15-,23-21-,29-27-,35-33-,41-39-,47-45-. The number of carbonyl (C=O) groups excluding carboxylic acids is 1. The van der Waals surface area contributed by atoms with Crippen LogP contribution < -0.4 is 4.89 Å². The minimum Gasteiger partial charge on any atom is -0.756 e. The van der Waals surface area contributed by atoms with Crippen LogP contribution in [0.5, 0.6) is 0 Å². The van der Waals surface area contributed by atoms with E-state index in [1.165, 1.54) is 135 Å². The Morgan fingerprint density at radius 1 is 0.457 bits per heavy atom. The zero-order valence-electron chi connectivity index (χ0n) is 46.2. The minimum atomic E-state index is -4.55. The highest BCUT2D eigenvalue weighted by Crippen LogP contribution is 2.38. The summed E-state index contributed by atoms with van der Waals surface area (Å²) >= 11 is 0. The molecule has 0 rings (SSSR count). The van der Waals surface area contributed by atoms with Gasteiger partial charge in [-0.15, -0.1) is 0 Å². The van der Waals surface area contributed by atoms with Crippen LogP contribution in [0.15, 0.2) is 85.1 Å². The number of likely N-dealkylation sites (N-methyl/N-ethyl adjacent to an activating group) is 1. The number of esters is 1. The molecule has 2 unspecified atom stereocenters. The second kappa shape index (κ2) is 53.0. The molecule has 9 heteroatoms.